The molecule has 34 heavy (non-hydrogen) atoms. The average Bonchev–Trinajstić information content (AvgIpc) is 3.39. The fourth-order valence-corrected chi connectivity index (χ4v) is 6.45. The van der Waals surface area contributed by atoms with Crippen LogP contribution in [0.2, 0.25) is 0 Å². The number of H-pyrrole nitrogens is 2. The van der Waals surface area contributed by atoms with Crippen LogP contribution in [0.1, 0.15) is 6.42 Å². The Morgan fingerprint density at radius 3 is 2.35 bits per heavy atom. The van der Waals surface area contributed by atoms with Crippen molar-refractivity contribution in [2.24, 2.45) is 10.9 Å². The number of halogens is 2. The normalized spacial score (nSPS) is 11.7. The van der Waals surface area contributed by atoms with Gasteiger partial charge in [0.1, 0.15) is 4.90 Å². The summed E-state index contributed by atoms with van der Waals surface area (Å²) in [6.45, 7) is 0.113. The molecule has 4 rings (SSSR count). The molecule has 17 heteroatoms. The topological polar surface area (TPSA) is 229 Å². The van der Waals surface area contributed by atoms with Gasteiger partial charge in [-0.25, -0.2) is 27.0 Å². The lowest BCUT2D eigenvalue weighted by Crippen LogP contribution is -2.21. The summed E-state index contributed by atoms with van der Waals surface area (Å²) in [5.41, 5.74) is 12.9. The number of nitrogen functional groups attached to an aromatic ring is 1. The Labute approximate surface area is 206 Å². The Morgan fingerprint density at radius 2 is 1.74 bits per heavy atom. The molecule has 184 valence electrons. The second-order valence-electron chi connectivity index (χ2n) is 6.88. The third kappa shape index (κ3) is 4.98. The Balaban J connectivity index is 0.00000204. The Kier molecular flexibility index (Phi) is 8.23. The van der Waals surface area contributed by atoms with Crippen LogP contribution in [0.4, 0.5) is 5.95 Å². The van der Waals surface area contributed by atoms with E-state index in [0.29, 0.717) is 16.6 Å². The number of para-hydroxylation sites is 1. The molecule has 0 saturated carbocycles. The maximum Gasteiger partial charge on any atom is 0.240 e. The SMILES string of the molecule is Cl.Cl.NCCCS(=O)(=O)c1ccc(-c2cccc3[nH]c(N)nc23)c(-c2nn[nH]n2)c1S(N)(=O)=O. The van der Waals surface area contributed by atoms with Crippen molar-refractivity contribution in [2.45, 2.75) is 16.2 Å². The molecular weight excluding hydrogens is 529 g/mol. The fourth-order valence-electron chi connectivity index (χ4n) is 3.46. The molecule has 2 heterocycles. The number of fused-ring (bicyclic) bond motifs is 1. The fraction of sp³-hybridized carbons (Fsp3) is 0.176. The molecule has 8 N–H and O–H groups in total. The molecule has 0 amide bonds. The summed E-state index contributed by atoms with van der Waals surface area (Å²) in [5.74, 6) is -0.357. The lowest BCUT2D eigenvalue weighted by atomic mass is 9.98. The van der Waals surface area contributed by atoms with Gasteiger partial charge in [0.15, 0.2) is 15.8 Å². The zero-order chi connectivity index (χ0) is 23.1. The van der Waals surface area contributed by atoms with E-state index in [1.807, 2.05) is 0 Å². The predicted octanol–water partition coefficient (Wildman–Crippen LogP) is 0.606. The lowest BCUT2D eigenvalue weighted by Gasteiger charge is -2.16. The number of aromatic amines is 2. The number of nitrogens with one attached hydrogen (secondary N) is 2. The largest absolute Gasteiger partial charge is 0.369 e. The highest BCUT2D eigenvalue weighted by molar-refractivity contribution is 7.93. The highest BCUT2D eigenvalue weighted by atomic mass is 35.5. The summed E-state index contributed by atoms with van der Waals surface area (Å²) in [5, 5.41) is 19.0. The number of anilines is 1. The van der Waals surface area contributed by atoms with Gasteiger partial charge in [0.25, 0.3) is 0 Å². The van der Waals surface area contributed by atoms with Gasteiger partial charge >= 0.3 is 0 Å². The smallest absolute Gasteiger partial charge is 0.240 e. The maximum absolute atomic E-state index is 13.0. The third-order valence-corrected chi connectivity index (χ3v) is 7.71. The number of imidazole rings is 1. The number of nitrogens with zero attached hydrogens (tertiary/aromatic N) is 4. The zero-order valence-corrected chi connectivity index (χ0v) is 20.6. The van der Waals surface area contributed by atoms with E-state index in [4.69, 9.17) is 16.6 Å². The summed E-state index contributed by atoms with van der Waals surface area (Å²) in [4.78, 5) is 6.06. The number of tetrazole rings is 1. The summed E-state index contributed by atoms with van der Waals surface area (Å²) in [6.07, 6.45) is 0.136. The number of hydrogen-bond donors (Lipinski definition) is 5. The van der Waals surface area contributed by atoms with Crippen LogP contribution in [-0.4, -0.2) is 59.7 Å². The van der Waals surface area contributed by atoms with Gasteiger partial charge in [-0.1, -0.05) is 18.2 Å². The molecule has 0 bridgehead atoms. The molecule has 2 aromatic heterocycles. The molecule has 0 saturated heterocycles. The van der Waals surface area contributed by atoms with Crippen molar-refractivity contribution in [3.63, 3.8) is 0 Å². The Morgan fingerprint density at radius 1 is 1.00 bits per heavy atom. The van der Waals surface area contributed by atoms with Crippen molar-refractivity contribution in [3.05, 3.63) is 30.3 Å². The van der Waals surface area contributed by atoms with Crippen molar-refractivity contribution in [1.29, 1.82) is 0 Å². The van der Waals surface area contributed by atoms with Crippen molar-refractivity contribution < 1.29 is 16.8 Å². The molecule has 13 nitrogen and oxygen atoms in total. The van der Waals surface area contributed by atoms with E-state index in [0.717, 1.165) is 0 Å². The quantitative estimate of drug-likeness (QED) is 0.215. The number of rotatable bonds is 7. The molecule has 0 aliphatic carbocycles. The molecule has 0 fully saturated rings. The monoisotopic (exact) mass is 549 g/mol. The molecule has 0 aliphatic rings. The highest BCUT2D eigenvalue weighted by Gasteiger charge is 2.32. The van der Waals surface area contributed by atoms with Crippen LogP contribution in [0.15, 0.2) is 40.1 Å². The minimum absolute atomic E-state index is 0. The maximum atomic E-state index is 13.0. The van der Waals surface area contributed by atoms with Crippen molar-refractivity contribution in [1.82, 2.24) is 30.6 Å². The molecule has 0 unspecified atom stereocenters. The predicted molar refractivity (Wildman–Crippen MR) is 131 cm³/mol. The number of benzene rings is 2. The van der Waals surface area contributed by atoms with Gasteiger partial charge < -0.3 is 16.5 Å². The number of primary sulfonamides is 1. The average molecular weight is 550 g/mol. The highest BCUT2D eigenvalue weighted by Crippen LogP contribution is 2.41. The van der Waals surface area contributed by atoms with Gasteiger partial charge in [-0.2, -0.15) is 5.21 Å². The minimum Gasteiger partial charge on any atom is -0.369 e. The van der Waals surface area contributed by atoms with E-state index in [1.165, 1.54) is 12.1 Å². The van der Waals surface area contributed by atoms with Crippen LogP contribution in [0.3, 0.4) is 0 Å². The van der Waals surface area contributed by atoms with Crippen LogP contribution in [-0.2, 0) is 19.9 Å². The minimum atomic E-state index is -4.56. The van der Waals surface area contributed by atoms with E-state index in [-0.39, 0.29) is 66.4 Å². The van der Waals surface area contributed by atoms with Crippen LogP contribution in [0.25, 0.3) is 33.5 Å². The second-order valence-corrected chi connectivity index (χ2v) is 10.5. The third-order valence-electron chi connectivity index (χ3n) is 4.75. The summed E-state index contributed by atoms with van der Waals surface area (Å²) >= 11 is 0. The van der Waals surface area contributed by atoms with E-state index < -0.39 is 29.7 Å². The van der Waals surface area contributed by atoms with Gasteiger partial charge in [0.05, 0.1) is 27.2 Å². The van der Waals surface area contributed by atoms with Crippen molar-refractivity contribution in [2.75, 3.05) is 18.0 Å². The number of nitrogens with two attached hydrogens (primary N) is 3. The first-order valence-electron chi connectivity index (χ1n) is 9.24. The Bertz CT molecular complexity index is 1520. The zero-order valence-electron chi connectivity index (χ0n) is 17.3. The summed E-state index contributed by atoms with van der Waals surface area (Å²) < 4.78 is 51.3. The van der Waals surface area contributed by atoms with E-state index in [2.05, 4.69) is 30.6 Å². The van der Waals surface area contributed by atoms with Crippen molar-refractivity contribution in [3.8, 4) is 22.5 Å². The standard InChI is InChI=1S/C17H19N9O4S2.2ClH/c18-7-2-8-31(27,28)12-6-5-9(10-3-1-4-11-14(10)22-17(19)21-11)13(15(12)32(20,29)30)16-23-25-26-24-16;;/h1,3-6H,2,7-8,18H2,(H3,19,21,22)(H2,20,29,30)(H,23,24,25,26);2*1H. The van der Waals surface area contributed by atoms with Gasteiger partial charge in [-0.15, -0.1) is 35.0 Å². The molecule has 0 radical (unpaired) electrons. The van der Waals surface area contributed by atoms with Gasteiger partial charge in [0.2, 0.25) is 15.8 Å². The number of aromatic nitrogens is 6. The van der Waals surface area contributed by atoms with Gasteiger partial charge in [-0.05, 0) is 35.9 Å². The molecule has 0 spiro atoms. The number of sulfone groups is 1. The van der Waals surface area contributed by atoms with E-state index in [9.17, 15) is 16.8 Å². The van der Waals surface area contributed by atoms with Crippen LogP contribution < -0.4 is 16.6 Å². The first kappa shape index (κ1) is 27.4. The lowest BCUT2D eigenvalue weighted by molar-refractivity contribution is 0.582. The van der Waals surface area contributed by atoms with Crippen molar-refractivity contribution >= 4 is 61.7 Å². The first-order valence-corrected chi connectivity index (χ1v) is 12.4. The first-order chi connectivity index (χ1) is 15.1. The Hall–Kier alpha value is -2.82. The molecular formula is C17H21Cl2N9O4S2. The second kappa shape index (κ2) is 10.2. The number of hydrogen-bond acceptors (Lipinski definition) is 10. The molecule has 4 aromatic rings. The summed E-state index contributed by atoms with van der Waals surface area (Å²) in [7, 11) is -8.62. The van der Waals surface area contributed by atoms with Crippen LogP contribution in [0, 0.1) is 0 Å². The summed E-state index contributed by atoms with van der Waals surface area (Å²) in [6, 6.07) is 7.77. The van der Waals surface area contributed by atoms with Gasteiger partial charge in [-0.3, -0.25) is 0 Å². The molecule has 0 atom stereocenters. The van der Waals surface area contributed by atoms with E-state index >= 15 is 0 Å². The molecule has 0 aliphatic heterocycles. The number of sulfonamides is 1. The van der Waals surface area contributed by atoms with Gasteiger partial charge in [0, 0.05) is 5.56 Å². The van der Waals surface area contributed by atoms with Crippen LogP contribution in [0.5, 0.6) is 0 Å². The molecule has 2 aromatic carbocycles. The van der Waals surface area contributed by atoms with Crippen LogP contribution >= 0.6 is 24.8 Å². The van der Waals surface area contributed by atoms with E-state index in [1.54, 1.807) is 18.2 Å².